The highest BCUT2D eigenvalue weighted by atomic mass is 14.2. The maximum absolute atomic E-state index is 5.30. The largest absolute Gasteiger partial charge is 0.120 e. The van der Waals surface area contributed by atoms with E-state index in [2.05, 4.69) is 12.8 Å². The minimum Gasteiger partial charge on any atom is -0.120 e. The van der Waals surface area contributed by atoms with Gasteiger partial charge in [0.15, 0.2) is 0 Å². The van der Waals surface area contributed by atoms with Crippen LogP contribution < -0.4 is 0 Å². The molecule has 1 fully saturated rings. The lowest BCUT2D eigenvalue weighted by Gasteiger charge is -2.10. The van der Waals surface area contributed by atoms with Crippen LogP contribution in [0.5, 0.6) is 0 Å². The minimum atomic E-state index is 0.521. The van der Waals surface area contributed by atoms with E-state index >= 15 is 0 Å². The summed E-state index contributed by atoms with van der Waals surface area (Å²) in [6.45, 7) is 2.16. The van der Waals surface area contributed by atoms with E-state index in [1.54, 1.807) is 0 Å². The van der Waals surface area contributed by atoms with Crippen LogP contribution in [-0.4, -0.2) is 0 Å². The SMILES string of the molecule is C#CC(C)C1CCCC1. The van der Waals surface area contributed by atoms with Crippen molar-refractivity contribution < 1.29 is 0 Å². The van der Waals surface area contributed by atoms with Crippen LogP contribution in [0.2, 0.25) is 0 Å². The van der Waals surface area contributed by atoms with E-state index in [4.69, 9.17) is 6.42 Å². The van der Waals surface area contributed by atoms with Crippen LogP contribution in [0, 0.1) is 24.2 Å². The molecule has 1 atom stereocenters. The number of terminal acetylenes is 1. The maximum atomic E-state index is 5.30. The van der Waals surface area contributed by atoms with Crippen molar-refractivity contribution in [3.8, 4) is 12.3 Å². The summed E-state index contributed by atoms with van der Waals surface area (Å²) in [5.74, 6) is 4.17. The fourth-order valence-electron chi connectivity index (χ4n) is 1.59. The molecule has 0 amide bonds. The standard InChI is InChI=1S/C9H14/c1-3-8(2)9-6-4-5-7-9/h1,8-9H,4-7H2,2H3. The Labute approximate surface area is 57.7 Å². The predicted octanol–water partition coefficient (Wildman–Crippen LogP) is 2.45. The Kier molecular flexibility index (Phi) is 2.16. The normalized spacial score (nSPS) is 23.6. The molecular formula is C9H14. The van der Waals surface area contributed by atoms with E-state index in [0.717, 1.165) is 5.92 Å². The molecule has 0 aromatic rings. The Morgan fingerprint density at radius 1 is 1.44 bits per heavy atom. The summed E-state index contributed by atoms with van der Waals surface area (Å²) in [5.41, 5.74) is 0. The Bertz CT molecular complexity index is 112. The highest BCUT2D eigenvalue weighted by molar-refractivity contribution is 4.94. The van der Waals surface area contributed by atoms with E-state index in [0.29, 0.717) is 5.92 Å². The highest BCUT2D eigenvalue weighted by Crippen LogP contribution is 2.30. The van der Waals surface area contributed by atoms with E-state index in [1.165, 1.54) is 25.7 Å². The van der Waals surface area contributed by atoms with Gasteiger partial charge in [0.25, 0.3) is 0 Å². The smallest absolute Gasteiger partial charge is 0.0200 e. The van der Waals surface area contributed by atoms with Crippen molar-refractivity contribution in [2.45, 2.75) is 32.6 Å². The summed E-state index contributed by atoms with van der Waals surface area (Å²) < 4.78 is 0. The Morgan fingerprint density at radius 3 is 2.44 bits per heavy atom. The van der Waals surface area contributed by atoms with Gasteiger partial charge in [-0.25, -0.2) is 0 Å². The zero-order valence-corrected chi connectivity index (χ0v) is 6.06. The van der Waals surface area contributed by atoms with Gasteiger partial charge in [0, 0.05) is 5.92 Å². The molecule has 1 unspecified atom stereocenters. The van der Waals surface area contributed by atoms with Crippen LogP contribution in [0.25, 0.3) is 0 Å². The van der Waals surface area contributed by atoms with Gasteiger partial charge in [-0.15, -0.1) is 12.3 Å². The first-order valence-corrected chi connectivity index (χ1v) is 3.80. The molecule has 0 heterocycles. The van der Waals surface area contributed by atoms with Gasteiger partial charge in [-0.1, -0.05) is 19.8 Å². The quantitative estimate of drug-likeness (QED) is 0.469. The van der Waals surface area contributed by atoms with Gasteiger partial charge in [0.2, 0.25) is 0 Å². The van der Waals surface area contributed by atoms with Crippen LogP contribution in [0.3, 0.4) is 0 Å². The second kappa shape index (κ2) is 2.92. The fourth-order valence-corrected chi connectivity index (χ4v) is 1.59. The molecule has 0 aromatic carbocycles. The lowest BCUT2D eigenvalue weighted by atomic mass is 9.94. The fraction of sp³-hybridized carbons (Fsp3) is 0.778. The number of rotatable bonds is 1. The van der Waals surface area contributed by atoms with Crippen molar-refractivity contribution in [2.75, 3.05) is 0 Å². The zero-order chi connectivity index (χ0) is 6.69. The van der Waals surface area contributed by atoms with Gasteiger partial charge in [0.05, 0.1) is 0 Å². The molecule has 1 aliphatic rings. The van der Waals surface area contributed by atoms with E-state index in [9.17, 15) is 0 Å². The van der Waals surface area contributed by atoms with E-state index in [1.807, 2.05) is 0 Å². The summed E-state index contributed by atoms with van der Waals surface area (Å²) in [7, 11) is 0. The van der Waals surface area contributed by atoms with E-state index in [-0.39, 0.29) is 0 Å². The minimum absolute atomic E-state index is 0.521. The third kappa shape index (κ3) is 1.48. The Balaban J connectivity index is 2.34. The van der Waals surface area contributed by atoms with Crippen molar-refractivity contribution in [2.24, 2.45) is 11.8 Å². The van der Waals surface area contributed by atoms with Crippen LogP contribution in [0.4, 0.5) is 0 Å². The van der Waals surface area contributed by atoms with Gasteiger partial charge in [-0.3, -0.25) is 0 Å². The van der Waals surface area contributed by atoms with Gasteiger partial charge in [-0.05, 0) is 18.8 Å². The third-order valence-electron chi connectivity index (χ3n) is 2.37. The van der Waals surface area contributed by atoms with Crippen molar-refractivity contribution in [1.82, 2.24) is 0 Å². The molecule has 0 nitrogen and oxygen atoms in total. The van der Waals surface area contributed by atoms with Crippen LogP contribution in [0.15, 0.2) is 0 Å². The molecule has 0 bridgehead atoms. The zero-order valence-electron chi connectivity index (χ0n) is 6.06. The summed E-state index contributed by atoms with van der Waals surface area (Å²) >= 11 is 0. The molecule has 0 radical (unpaired) electrons. The molecule has 0 aliphatic heterocycles. The number of hydrogen-bond donors (Lipinski definition) is 0. The van der Waals surface area contributed by atoms with Crippen LogP contribution >= 0.6 is 0 Å². The molecule has 0 heteroatoms. The van der Waals surface area contributed by atoms with Crippen molar-refractivity contribution in [3.05, 3.63) is 0 Å². The Morgan fingerprint density at radius 2 is 2.00 bits per heavy atom. The Hall–Kier alpha value is -0.440. The first-order valence-electron chi connectivity index (χ1n) is 3.80. The molecule has 1 aliphatic carbocycles. The van der Waals surface area contributed by atoms with Gasteiger partial charge in [0.1, 0.15) is 0 Å². The average Bonchev–Trinajstić information content (AvgIpc) is 2.37. The molecule has 50 valence electrons. The second-order valence-electron chi connectivity index (χ2n) is 3.00. The summed E-state index contributed by atoms with van der Waals surface area (Å²) in [4.78, 5) is 0. The summed E-state index contributed by atoms with van der Waals surface area (Å²) in [6.07, 6.45) is 10.8. The van der Waals surface area contributed by atoms with Gasteiger partial charge >= 0.3 is 0 Å². The number of hydrogen-bond acceptors (Lipinski definition) is 0. The van der Waals surface area contributed by atoms with Crippen molar-refractivity contribution in [3.63, 3.8) is 0 Å². The molecular weight excluding hydrogens is 108 g/mol. The summed E-state index contributed by atoms with van der Waals surface area (Å²) in [6, 6.07) is 0. The molecule has 0 spiro atoms. The van der Waals surface area contributed by atoms with Gasteiger partial charge < -0.3 is 0 Å². The summed E-state index contributed by atoms with van der Waals surface area (Å²) in [5, 5.41) is 0. The first kappa shape index (κ1) is 6.68. The topological polar surface area (TPSA) is 0 Å². The molecule has 1 rings (SSSR count). The molecule has 0 saturated heterocycles. The van der Waals surface area contributed by atoms with E-state index < -0.39 is 0 Å². The molecule has 0 N–H and O–H groups in total. The first-order chi connectivity index (χ1) is 4.34. The molecule has 0 aromatic heterocycles. The van der Waals surface area contributed by atoms with Crippen LogP contribution in [0.1, 0.15) is 32.6 Å². The maximum Gasteiger partial charge on any atom is 0.0200 e. The monoisotopic (exact) mass is 122 g/mol. The average molecular weight is 122 g/mol. The lowest BCUT2D eigenvalue weighted by molar-refractivity contribution is 0.447. The molecule has 9 heavy (non-hydrogen) atoms. The van der Waals surface area contributed by atoms with Crippen molar-refractivity contribution >= 4 is 0 Å². The predicted molar refractivity (Wildman–Crippen MR) is 40.0 cm³/mol. The lowest BCUT2D eigenvalue weighted by Crippen LogP contribution is -2.03. The highest BCUT2D eigenvalue weighted by Gasteiger charge is 2.19. The molecule has 1 saturated carbocycles. The van der Waals surface area contributed by atoms with Crippen LogP contribution in [-0.2, 0) is 0 Å². The second-order valence-corrected chi connectivity index (χ2v) is 3.00. The van der Waals surface area contributed by atoms with Crippen molar-refractivity contribution in [1.29, 1.82) is 0 Å². The third-order valence-corrected chi connectivity index (χ3v) is 2.37. The van der Waals surface area contributed by atoms with Gasteiger partial charge in [-0.2, -0.15) is 0 Å².